The first-order valence-corrected chi connectivity index (χ1v) is 4.52. The lowest BCUT2D eigenvalue weighted by molar-refractivity contribution is 0.584. The van der Waals surface area contributed by atoms with Crippen molar-refractivity contribution in [2.45, 2.75) is 18.9 Å². The van der Waals surface area contributed by atoms with Crippen LogP contribution in [0.4, 0.5) is 0 Å². The molecule has 1 heterocycles. The van der Waals surface area contributed by atoms with E-state index in [1.54, 1.807) is 0 Å². The number of nitrogens with one attached hydrogen (secondary N) is 2. The molecule has 1 aromatic rings. The highest BCUT2D eigenvalue weighted by Gasteiger charge is 2.25. The van der Waals surface area contributed by atoms with E-state index in [1.165, 1.54) is 17.7 Å². The van der Waals surface area contributed by atoms with Gasteiger partial charge in [0.15, 0.2) is 0 Å². The summed E-state index contributed by atoms with van der Waals surface area (Å²) in [5.41, 5.74) is 2.59. The summed E-state index contributed by atoms with van der Waals surface area (Å²) in [6.07, 6.45) is 2.29. The second kappa shape index (κ2) is 2.60. The van der Waals surface area contributed by atoms with Gasteiger partial charge in [0, 0.05) is 17.3 Å². The van der Waals surface area contributed by atoms with Crippen LogP contribution in [0.5, 0.6) is 0 Å². The highest BCUT2D eigenvalue weighted by Crippen LogP contribution is 2.34. The van der Waals surface area contributed by atoms with Crippen molar-refractivity contribution >= 4 is 15.9 Å². The Labute approximate surface area is 73.7 Å². The Morgan fingerprint density at radius 2 is 2.55 bits per heavy atom. The Morgan fingerprint density at radius 1 is 1.73 bits per heavy atom. The molecule has 2 N–H and O–H groups in total. The lowest BCUT2D eigenvalue weighted by Gasteiger charge is -2.06. The maximum absolute atomic E-state index is 4.09. The minimum atomic E-state index is 0.484. The van der Waals surface area contributed by atoms with Crippen LogP contribution in [0.2, 0.25) is 0 Å². The van der Waals surface area contributed by atoms with Gasteiger partial charge in [0.05, 0.1) is 0 Å². The first kappa shape index (κ1) is 7.31. The largest absolute Gasteiger partial charge is 0.313 e. The lowest BCUT2D eigenvalue weighted by Crippen LogP contribution is -2.12. The summed E-state index contributed by atoms with van der Waals surface area (Å²) in [7, 11) is 1.99. The number of hydrogen-bond acceptors (Lipinski definition) is 2. The summed E-state index contributed by atoms with van der Waals surface area (Å²) in [4.78, 5) is 0. The van der Waals surface area contributed by atoms with Gasteiger partial charge in [-0.15, -0.1) is 0 Å². The third-order valence-electron chi connectivity index (χ3n) is 2.22. The number of halogens is 1. The average molecular weight is 216 g/mol. The van der Waals surface area contributed by atoms with Crippen molar-refractivity contribution in [3.63, 3.8) is 0 Å². The summed E-state index contributed by atoms with van der Waals surface area (Å²) in [5, 5.41) is 10.4. The minimum Gasteiger partial charge on any atom is -0.313 e. The van der Waals surface area contributed by atoms with Crippen molar-refractivity contribution in [2.24, 2.45) is 0 Å². The number of hydrogen-bond donors (Lipinski definition) is 2. The van der Waals surface area contributed by atoms with Crippen molar-refractivity contribution in [3.8, 4) is 0 Å². The van der Waals surface area contributed by atoms with Crippen LogP contribution in [0.3, 0.4) is 0 Å². The van der Waals surface area contributed by atoms with Crippen LogP contribution in [-0.2, 0) is 6.42 Å². The van der Waals surface area contributed by atoms with Crippen LogP contribution < -0.4 is 5.32 Å². The molecule has 0 saturated heterocycles. The van der Waals surface area contributed by atoms with Gasteiger partial charge < -0.3 is 5.32 Å². The third-order valence-corrected chi connectivity index (χ3v) is 2.82. The van der Waals surface area contributed by atoms with E-state index in [-0.39, 0.29) is 0 Å². The van der Waals surface area contributed by atoms with Crippen LogP contribution >= 0.6 is 15.9 Å². The molecule has 1 atom stereocenters. The van der Waals surface area contributed by atoms with E-state index in [0.29, 0.717) is 6.04 Å². The summed E-state index contributed by atoms with van der Waals surface area (Å²) < 4.78 is 0.962. The molecule has 0 bridgehead atoms. The van der Waals surface area contributed by atoms with Gasteiger partial charge in [-0.1, -0.05) is 0 Å². The fourth-order valence-electron chi connectivity index (χ4n) is 1.63. The number of aryl methyl sites for hydroxylation is 1. The summed E-state index contributed by atoms with van der Waals surface area (Å²) >= 11 is 3.42. The second-order valence-corrected chi connectivity index (χ2v) is 3.54. The van der Waals surface area contributed by atoms with Crippen LogP contribution in [0, 0.1) is 0 Å². The van der Waals surface area contributed by atoms with E-state index in [4.69, 9.17) is 0 Å². The quantitative estimate of drug-likeness (QED) is 0.744. The summed E-state index contributed by atoms with van der Waals surface area (Å²) in [6, 6.07) is 0.484. The van der Waals surface area contributed by atoms with Crippen LogP contribution in [0.15, 0.2) is 4.60 Å². The smallest absolute Gasteiger partial charge is 0.132 e. The number of rotatable bonds is 1. The molecule has 0 saturated carbocycles. The maximum atomic E-state index is 4.09. The molecule has 1 aliphatic rings. The molecule has 0 aliphatic heterocycles. The second-order valence-electron chi connectivity index (χ2n) is 2.79. The Balaban J connectivity index is 2.42. The third kappa shape index (κ3) is 1.01. The number of nitrogens with zero attached hydrogens (tertiary/aromatic N) is 1. The van der Waals surface area contributed by atoms with Gasteiger partial charge in [0.2, 0.25) is 0 Å². The molecule has 1 aliphatic carbocycles. The number of H-pyrrole nitrogens is 1. The molecule has 0 fully saturated rings. The zero-order chi connectivity index (χ0) is 7.84. The van der Waals surface area contributed by atoms with Gasteiger partial charge in [-0.3, -0.25) is 5.10 Å². The minimum absolute atomic E-state index is 0.484. The topological polar surface area (TPSA) is 40.7 Å². The van der Waals surface area contributed by atoms with Crippen molar-refractivity contribution in [3.05, 3.63) is 15.9 Å². The van der Waals surface area contributed by atoms with Crippen molar-refractivity contribution in [2.75, 3.05) is 7.05 Å². The fourth-order valence-corrected chi connectivity index (χ4v) is 2.23. The average Bonchev–Trinajstić information content (AvgIpc) is 2.54. The Kier molecular flexibility index (Phi) is 1.73. The molecule has 0 aromatic carbocycles. The lowest BCUT2D eigenvalue weighted by atomic mass is 10.2. The maximum Gasteiger partial charge on any atom is 0.132 e. The van der Waals surface area contributed by atoms with E-state index < -0.39 is 0 Å². The number of fused-ring (bicyclic) bond motifs is 1. The van der Waals surface area contributed by atoms with Gasteiger partial charge in [0.1, 0.15) is 4.60 Å². The Bertz CT molecular complexity index is 269. The molecular weight excluding hydrogens is 206 g/mol. The van der Waals surface area contributed by atoms with Gasteiger partial charge in [-0.2, -0.15) is 5.10 Å². The summed E-state index contributed by atoms with van der Waals surface area (Å²) in [6.45, 7) is 0. The summed E-state index contributed by atoms with van der Waals surface area (Å²) in [5.74, 6) is 0. The van der Waals surface area contributed by atoms with Crippen molar-refractivity contribution in [1.29, 1.82) is 0 Å². The van der Waals surface area contributed by atoms with Crippen LogP contribution in [0.1, 0.15) is 23.7 Å². The highest BCUT2D eigenvalue weighted by molar-refractivity contribution is 9.10. The van der Waals surface area contributed by atoms with E-state index in [9.17, 15) is 0 Å². The van der Waals surface area contributed by atoms with Gasteiger partial charge in [-0.25, -0.2) is 0 Å². The SMILES string of the molecule is CNC1CCc2[nH]nc(Br)c21. The first-order chi connectivity index (χ1) is 5.33. The van der Waals surface area contributed by atoms with Crippen molar-refractivity contribution < 1.29 is 0 Å². The van der Waals surface area contributed by atoms with Gasteiger partial charge in [0.25, 0.3) is 0 Å². The number of aromatic amines is 1. The molecule has 1 aromatic heterocycles. The molecule has 1 unspecified atom stereocenters. The van der Waals surface area contributed by atoms with Crippen molar-refractivity contribution in [1.82, 2.24) is 15.5 Å². The molecule has 4 heteroatoms. The highest BCUT2D eigenvalue weighted by atomic mass is 79.9. The molecule has 0 spiro atoms. The molecule has 11 heavy (non-hydrogen) atoms. The zero-order valence-electron chi connectivity index (χ0n) is 6.32. The van der Waals surface area contributed by atoms with E-state index in [1.807, 2.05) is 7.05 Å². The normalized spacial score (nSPS) is 22.2. The van der Waals surface area contributed by atoms with Crippen LogP contribution in [-0.4, -0.2) is 17.2 Å². The Hall–Kier alpha value is -0.350. The molecule has 0 amide bonds. The van der Waals surface area contributed by atoms with Crippen LogP contribution in [0.25, 0.3) is 0 Å². The van der Waals surface area contributed by atoms with E-state index in [0.717, 1.165) is 11.0 Å². The Morgan fingerprint density at radius 3 is 3.27 bits per heavy atom. The molecule has 0 radical (unpaired) electrons. The monoisotopic (exact) mass is 215 g/mol. The molecular formula is C7H10BrN3. The zero-order valence-corrected chi connectivity index (χ0v) is 7.90. The fraction of sp³-hybridized carbons (Fsp3) is 0.571. The first-order valence-electron chi connectivity index (χ1n) is 3.73. The van der Waals surface area contributed by atoms with E-state index >= 15 is 0 Å². The van der Waals surface area contributed by atoms with E-state index in [2.05, 4.69) is 31.4 Å². The molecule has 3 nitrogen and oxygen atoms in total. The van der Waals surface area contributed by atoms with Gasteiger partial charge >= 0.3 is 0 Å². The standard InChI is InChI=1S/C7H10BrN3/c1-9-4-2-3-5-6(4)7(8)11-10-5/h4,9H,2-3H2,1H3,(H,10,11). The molecule has 2 rings (SSSR count). The predicted octanol–water partition coefficient (Wildman–Crippen LogP) is 1.38. The molecule has 60 valence electrons. The van der Waals surface area contributed by atoms with Gasteiger partial charge in [-0.05, 0) is 35.8 Å². The predicted molar refractivity (Wildman–Crippen MR) is 46.4 cm³/mol. The number of aromatic nitrogens is 2.